The Morgan fingerprint density at radius 3 is 2.45 bits per heavy atom. The van der Waals surface area contributed by atoms with Gasteiger partial charge in [-0.1, -0.05) is 35.3 Å². The van der Waals surface area contributed by atoms with Gasteiger partial charge >= 0.3 is 0 Å². The third kappa shape index (κ3) is 2.84. The molecule has 0 aliphatic rings. The number of rotatable bonds is 3. The summed E-state index contributed by atoms with van der Waals surface area (Å²) in [4.78, 5) is 15.6. The quantitative estimate of drug-likeness (QED) is 0.742. The first-order chi connectivity index (χ1) is 10.5. The summed E-state index contributed by atoms with van der Waals surface area (Å²) >= 11 is 12.0. The zero-order chi connectivity index (χ0) is 15.7. The number of hydrogen-bond donors (Lipinski definition) is 1. The Bertz CT molecular complexity index is 882. The van der Waals surface area contributed by atoms with Gasteiger partial charge in [0, 0.05) is 22.9 Å². The zero-order valence-corrected chi connectivity index (χ0v) is 12.8. The molecule has 1 amide bonds. The lowest BCUT2D eigenvalue weighted by atomic mass is 10.1. The first-order valence-electron chi connectivity index (χ1n) is 6.45. The fourth-order valence-electron chi connectivity index (χ4n) is 2.18. The smallest absolute Gasteiger partial charge is 0.241 e. The second-order valence-electron chi connectivity index (χ2n) is 4.66. The van der Waals surface area contributed by atoms with Gasteiger partial charge in [-0.15, -0.1) is 0 Å². The minimum atomic E-state index is -0.529. The standard InChI is InChI=1S/C16H11Cl2N3O/c17-11-3-1-10(2-4-11)16-13(6-7-14(19)22)21-9-12(18)5-8-15(21)20-16/h1-9H,(H2,19,22)/b7-6-. The van der Waals surface area contributed by atoms with Crippen LogP contribution in [0.2, 0.25) is 10.0 Å². The van der Waals surface area contributed by atoms with E-state index in [-0.39, 0.29) is 0 Å². The molecule has 0 fully saturated rings. The minimum Gasteiger partial charge on any atom is -0.366 e. The van der Waals surface area contributed by atoms with Crippen molar-refractivity contribution in [3.8, 4) is 11.3 Å². The van der Waals surface area contributed by atoms with E-state index in [1.807, 2.05) is 22.6 Å². The molecular weight excluding hydrogens is 321 g/mol. The average Bonchev–Trinajstić information content (AvgIpc) is 2.83. The van der Waals surface area contributed by atoms with Crippen LogP contribution >= 0.6 is 23.2 Å². The molecule has 0 bridgehead atoms. The topological polar surface area (TPSA) is 60.4 Å². The molecule has 0 saturated carbocycles. The van der Waals surface area contributed by atoms with Crippen molar-refractivity contribution < 1.29 is 4.79 Å². The van der Waals surface area contributed by atoms with Crippen LogP contribution in [-0.4, -0.2) is 15.3 Å². The van der Waals surface area contributed by atoms with Gasteiger partial charge in [-0.25, -0.2) is 4.98 Å². The van der Waals surface area contributed by atoms with Crippen molar-refractivity contribution in [2.75, 3.05) is 0 Å². The molecule has 0 saturated heterocycles. The predicted octanol–water partition coefficient (Wildman–Crippen LogP) is 3.81. The molecule has 4 nitrogen and oxygen atoms in total. The van der Waals surface area contributed by atoms with E-state index in [4.69, 9.17) is 28.9 Å². The number of amides is 1. The summed E-state index contributed by atoms with van der Waals surface area (Å²) in [6, 6.07) is 10.9. The van der Waals surface area contributed by atoms with E-state index in [0.717, 1.165) is 22.6 Å². The lowest BCUT2D eigenvalue weighted by molar-refractivity contribution is -0.113. The largest absolute Gasteiger partial charge is 0.366 e. The average molecular weight is 332 g/mol. The molecule has 1 aromatic carbocycles. The number of halogens is 2. The second kappa shape index (κ2) is 5.83. The Hall–Kier alpha value is -2.30. The maximum Gasteiger partial charge on any atom is 0.241 e. The number of carbonyl (C=O) groups is 1. The van der Waals surface area contributed by atoms with E-state index < -0.39 is 5.91 Å². The van der Waals surface area contributed by atoms with Crippen LogP contribution in [0.25, 0.3) is 23.0 Å². The summed E-state index contributed by atoms with van der Waals surface area (Å²) in [6.07, 6.45) is 4.66. The van der Waals surface area contributed by atoms with Crippen LogP contribution in [0.1, 0.15) is 5.69 Å². The van der Waals surface area contributed by atoms with Gasteiger partial charge in [0.2, 0.25) is 5.91 Å². The van der Waals surface area contributed by atoms with Gasteiger partial charge in [0.1, 0.15) is 5.65 Å². The first kappa shape index (κ1) is 14.6. The van der Waals surface area contributed by atoms with Crippen molar-refractivity contribution in [1.82, 2.24) is 9.38 Å². The molecule has 2 heterocycles. The van der Waals surface area contributed by atoms with Gasteiger partial charge in [-0.05, 0) is 30.3 Å². The van der Waals surface area contributed by atoms with Gasteiger partial charge in [0.15, 0.2) is 0 Å². The van der Waals surface area contributed by atoms with Crippen LogP contribution in [0.15, 0.2) is 48.7 Å². The highest BCUT2D eigenvalue weighted by molar-refractivity contribution is 6.30. The third-order valence-corrected chi connectivity index (χ3v) is 3.62. The molecule has 0 spiro atoms. The fourth-order valence-corrected chi connectivity index (χ4v) is 2.46. The number of nitrogens with two attached hydrogens (primary N) is 1. The number of fused-ring (bicyclic) bond motifs is 1. The van der Waals surface area contributed by atoms with Gasteiger partial charge in [-0.3, -0.25) is 9.20 Å². The third-order valence-electron chi connectivity index (χ3n) is 3.14. The molecule has 3 aromatic rings. The number of aromatic nitrogens is 2. The maximum absolute atomic E-state index is 11.1. The Morgan fingerprint density at radius 1 is 1.09 bits per heavy atom. The lowest BCUT2D eigenvalue weighted by Gasteiger charge is -2.01. The molecule has 6 heteroatoms. The first-order valence-corrected chi connectivity index (χ1v) is 7.21. The summed E-state index contributed by atoms with van der Waals surface area (Å²) < 4.78 is 1.81. The van der Waals surface area contributed by atoms with Gasteiger partial charge < -0.3 is 5.73 Å². The molecule has 0 radical (unpaired) electrons. The number of imidazole rings is 1. The van der Waals surface area contributed by atoms with Gasteiger partial charge in [0.05, 0.1) is 16.4 Å². The molecule has 2 aromatic heterocycles. The number of carbonyl (C=O) groups excluding carboxylic acids is 1. The number of pyridine rings is 1. The SMILES string of the molecule is NC(=O)/C=C\c1c(-c2ccc(Cl)cc2)nc2ccc(Cl)cn12. The van der Waals surface area contributed by atoms with E-state index >= 15 is 0 Å². The predicted molar refractivity (Wildman–Crippen MR) is 88.9 cm³/mol. The van der Waals surface area contributed by atoms with E-state index in [2.05, 4.69) is 4.98 Å². The van der Waals surface area contributed by atoms with Crippen molar-refractivity contribution in [2.45, 2.75) is 0 Å². The number of nitrogens with zero attached hydrogens (tertiary/aromatic N) is 2. The monoisotopic (exact) mass is 331 g/mol. The number of benzene rings is 1. The maximum atomic E-state index is 11.1. The molecule has 110 valence electrons. The number of primary amides is 1. The van der Waals surface area contributed by atoms with Crippen LogP contribution in [0.5, 0.6) is 0 Å². The van der Waals surface area contributed by atoms with E-state index in [1.165, 1.54) is 6.08 Å². The van der Waals surface area contributed by atoms with Crippen molar-refractivity contribution in [2.24, 2.45) is 5.73 Å². The van der Waals surface area contributed by atoms with Crippen LogP contribution in [0.4, 0.5) is 0 Å². The van der Waals surface area contributed by atoms with Crippen molar-refractivity contribution in [1.29, 1.82) is 0 Å². The van der Waals surface area contributed by atoms with E-state index in [1.54, 1.807) is 30.5 Å². The summed E-state index contributed by atoms with van der Waals surface area (Å²) in [5.74, 6) is -0.529. The second-order valence-corrected chi connectivity index (χ2v) is 5.54. The molecule has 3 rings (SSSR count). The fraction of sp³-hybridized carbons (Fsp3) is 0. The highest BCUT2D eigenvalue weighted by Gasteiger charge is 2.12. The van der Waals surface area contributed by atoms with E-state index in [9.17, 15) is 4.79 Å². The molecule has 0 aliphatic heterocycles. The summed E-state index contributed by atoms with van der Waals surface area (Å²) in [5.41, 5.74) is 8.24. The molecule has 0 unspecified atom stereocenters. The highest BCUT2D eigenvalue weighted by atomic mass is 35.5. The van der Waals surface area contributed by atoms with Crippen LogP contribution in [-0.2, 0) is 4.79 Å². The molecular formula is C16H11Cl2N3O. The van der Waals surface area contributed by atoms with E-state index in [0.29, 0.717) is 10.0 Å². The van der Waals surface area contributed by atoms with Gasteiger partial charge in [0.25, 0.3) is 0 Å². The van der Waals surface area contributed by atoms with Crippen LogP contribution in [0.3, 0.4) is 0 Å². The number of hydrogen-bond acceptors (Lipinski definition) is 2. The Balaban J connectivity index is 2.26. The zero-order valence-electron chi connectivity index (χ0n) is 11.3. The molecule has 0 aliphatic carbocycles. The summed E-state index contributed by atoms with van der Waals surface area (Å²) in [7, 11) is 0. The minimum absolute atomic E-state index is 0.529. The Morgan fingerprint density at radius 2 is 1.77 bits per heavy atom. The molecule has 2 N–H and O–H groups in total. The summed E-state index contributed by atoms with van der Waals surface area (Å²) in [5, 5.41) is 1.21. The molecule has 22 heavy (non-hydrogen) atoms. The summed E-state index contributed by atoms with van der Waals surface area (Å²) in [6.45, 7) is 0. The van der Waals surface area contributed by atoms with Gasteiger partial charge in [-0.2, -0.15) is 0 Å². The Kier molecular flexibility index (Phi) is 3.88. The van der Waals surface area contributed by atoms with Crippen LogP contribution < -0.4 is 5.73 Å². The highest BCUT2D eigenvalue weighted by Crippen LogP contribution is 2.27. The lowest BCUT2D eigenvalue weighted by Crippen LogP contribution is -2.05. The van der Waals surface area contributed by atoms with Crippen LogP contribution in [0, 0.1) is 0 Å². The van der Waals surface area contributed by atoms with Crippen molar-refractivity contribution in [3.05, 3.63) is 64.4 Å². The molecule has 0 atom stereocenters. The Labute approximate surface area is 136 Å². The van der Waals surface area contributed by atoms with Crippen molar-refractivity contribution >= 4 is 40.8 Å². The normalized spacial score (nSPS) is 11.4. The van der Waals surface area contributed by atoms with Crippen molar-refractivity contribution in [3.63, 3.8) is 0 Å².